The van der Waals surface area contributed by atoms with Crippen LogP contribution < -0.4 is 10.5 Å². The Labute approximate surface area is 147 Å². The predicted molar refractivity (Wildman–Crippen MR) is 103 cm³/mol. The topological polar surface area (TPSA) is 35.2 Å². The van der Waals surface area contributed by atoms with Gasteiger partial charge in [0.2, 0.25) is 0 Å². The van der Waals surface area contributed by atoms with E-state index < -0.39 is 0 Å². The van der Waals surface area contributed by atoms with Crippen LogP contribution in [0.3, 0.4) is 0 Å². The number of aryl methyl sites for hydroxylation is 1. The summed E-state index contributed by atoms with van der Waals surface area (Å²) in [5.41, 5.74) is 11.5. The molecule has 0 saturated heterocycles. The van der Waals surface area contributed by atoms with Gasteiger partial charge in [-0.1, -0.05) is 64.1 Å². The standard InChI is InChI=1S/C22H31NO/c1-6-17-14-18(9-12-21(17)24-5)19(15-23)13-16-7-10-20(11-8-16)22(2,3)4/h7-12,14,19H,6,13,15,23H2,1-5H3. The van der Waals surface area contributed by atoms with Gasteiger partial charge in [0.25, 0.3) is 0 Å². The molecule has 0 aromatic heterocycles. The van der Waals surface area contributed by atoms with Gasteiger partial charge >= 0.3 is 0 Å². The van der Waals surface area contributed by atoms with Crippen LogP contribution in [0.15, 0.2) is 42.5 Å². The normalized spacial score (nSPS) is 12.9. The number of rotatable bonds is 6. The first-order chi connectivity index (χ1) is 11.4. The van der Waals surface area contributed by atoms with Crippen molar-refractivity contribution >= 4 is 0 Å². The number of benzene rings is 2. The molecular formula is C22H31NO. The molecule has 0 fully saturated rings. The first-order valence-electron chi connectivity index (χ1n) is 8.85. The third-order valence-electron chi connectivity index (χ3n) is 4.74. The van der Waals surface area contributed by atoms with Crippen molar-refractivity contribution in [3.63, 3.8) is 0 Å². The second-order valence-electron chi connectivity index (χ2n) is 7.51. The number of nitrogens with two attached hydrogens (primary N) is 1. The van der Waals surface area contributed by atoms with Crippen LogP contribution in [-0.4, -0.2) is 13.7 Å². The fraction of sp³-hybridized carbons (Fsp3) is 0.455. The molecule has 130 valence electrons. The summed E-state index contributed by atoms with van der Waals surface area (Å²) in [4.78, 5) is 0. The van der Waals surface area contributed by atoms with E-state index in [-0.39, 0.29) is 5.41 Å². The molecule has 0 aliphatic carbocycles. The van der Waals surface area contributed by atoms with Gasteiger partial charge in [-0.25, -0.2) is 0 Å². The lowest BCUT2D eigenvalue weighted by molar-refractivity contribution is 0.410. The number of methoxy groups -OCH3 is 1. The van der Waals surface area contributed by atoms with Gasteiger partial charge in [0.05, 0.1) is 7.11 Å². The van der Waals surface area contributed by atoms with Crippen LogP contribution in [-0.2, 0) is 18.3 Å². The molecule has 0 aliphatic rings. The summed E-state index contributed by atoms with van der Waals surface area (Å²) in [5.74, 6) is 1.30. The Balaban J connectivity index is 2.20. The monoisotopic (exact) mass is 325 g/mol. The molecule has 0 aliphatic heterocycles. The van der Waals surface area contributed by atoms with E-state index in [1.807, 2.05) is 0 Å². The fourth-order valence-electron chi connectivity index (χ4n) is 3.09. The summed E-state index contributed by atoms with van der Waals surface area (Å²) in [6.45, 7) is 9.54. The molecule has 2 nitrogen and oxygen atoms in total. The average Bonchev–Trinajstić information content (AvgIpc) is 2.58. The van der Waals surface area contributed by atoms with E-state index in [4.69, 9.17) is 10.5 Å². The third kappa shape index (κ3) is 4.39. The zero-order valence-corrected chi connectivity index (χ0v) is 15.7. The van der Waals surface area contributed by atoms with Gasteiger partial charge in [-0.3, -0.25) is 0 Å². The molecule has 0 spiro atoms. The van der Waals surface area contributed by atoms with Crippen molar-refractivity contribution in [2.75, 3.05) is 13.7 Å². The molecule has 2 aromatic carbocycles. The van der Waals surface area contributed by atoms with Crippen LogP contribution in [0.5, 0.6) is 5.75 Å². The van der Waals surface area contributed by atoms with E-state index in [2.05, 4.69) is 70.2 Å². The maximum absolute atomic E-state index is 6.08. The minimum atomic E-state index is 0.192. The summed E-state index contributed by atoms with van der Waals surface area (Å²) in [5, 5.41) is 0. The van der Waals surface area contributed by atoms with E-state index in [9.17, 15) is 0 Å². The lowest BCUT2D eigenvalue weighted by atomic mass is 9.85. The van der Waals surface area contributed by atoms with Gasteiger partial charge in [-0.15, -0.1) is 0 Å². The molecule has 0 amide bonds. The van der Waals surface area contributed by atoms with Crippen molar-refractivity contribution in [2.45, 2.75) is 51.9 Å². The van der Waals surface area contributed by atoms with E-state index in [0.717, 1.165) is 18.6 Å². The highest BCUT2D eigenvalue weighted by atomic mass is 16.5. The zero-order chi connectivity index (χ0) is 17.7. The molecule has 0 bridgehead atoms. The van der Waals surface area contributed by atoms with Gasteiger partial charge in [-0.2, -0.15) is 0 Å². The van der Waals surface area contributed by atoms with Crippen molar-refractivity contribution < 1.29 is 4.74 Å². The highest BCUT2D eigenvalue weighted by Crippen LogP contribution is 2.28. The fourth-order valence-corrected chi connectivity index (χ4v) is 3.09. The minimum absolute atomic E-state index is 0.192. The Morgan fingerprint density at radius 1 is 1.04 bits per heavy atom. The largest absolute Gasteiger partial charge is 0.496 e. The molecule has 24 heavy (non-hydrogen) atoms. The summed E-state index contributed by atoms with van der Waals surface area (Å²) in [6, 6.07) is 15.4. The molecule has 2 N–H and O–H groups in total. The van der Waals surface area contributed by atoms with E-state index in [0.29, 0.717) is 12.5 Å². The molecule has 1 atom stereocenters. The summed E-state index contributed by atoms with van der Waals surface area (Å²) in [7, 11) is 1.73. The number of hydrogen-bond donors (Lipinski definition) is 1. The Hall–Kier alpha value is -1.80. The zero-order valence-electron chi connectivity index (χ0n) is 15.7. The second kappa shape index (κ2) is 7.85. The first kappa shape index (κ1) is 18.5. The quantitative estimate of drug-likeness (QED) is 0.825. The lowest BCUT2D eigenvalue weighted by Gasteiger charge is -2.21. The van der Waals surface area contributed by atoms with Gasteiger partial charge in [0.15, 0.2) is 0 Å². The van der Waals surface area contributed by atoms with Crippen LogP contribution in [0.1, 0.15) is 55.9 Å². The smallest absolute Gasteiger partial charge is 0.122 e. The van der Waals surface area contributed by atoms with Gasteiger partial charge < -0.3 is 10.5 Å². The molecule has 0 saturated carbocycles. The van der Waals surface area contributed by atoms with Gasteiger partial charge in [-0.05, 0) is 53.1 Å². The van der Waals surface area contributed by atoms with Crippen molar-refractivity contribution in [2.24, 2.45) is 5.73 Å². The SMILES string of the molecule is CCc1cc(C(CN)Cc2ccc(C(C)(C)C)cc2)ccc1OC. The Morgan fingerprint density at radius 2 is 1.71 bits per heavy atom. The lowest BCUT2D eigenvalue weighted by Crippen LogP contribution is -2.16. The Kier molecular flexibility index (Phi) is 6.06. The first-order valence-corrected chi connectivity index (χ1v) is 8.85. The molecule has 2 aromatic rings. The van der Waals surface area contributed by atoms with Crippen LogP contribution in [0.4, 0.5) is 0 Å². The predicted octanol–water partition coefficient (Wildman–Crippen LogP) is 4.84. The highest BCUT2D eigenvalue weighted by molar-refractivity contribution is 5.39. The van der Waals surface area contributed by atoms with E-state index in [1.165, 1.54) is 22.3 Å². The molecular weight excluding hydrogens is 294 g/mol. The average molecular weight is 325 g/mol. The van der Waals surface area contributed by atoms with Crippen molar-refractivity contribution in [3.8, 4) is 5.75 Å². The summed E-state index contributed by atoms with van der Waals surface area (Å²) in [6.07, 6.45) is 1.94. The van der Waals surface area contributed by atoms with Gasteiger partial charge in [0, 0.05) is 5.92 Å². The van der Waals surface area contributed by atoms with Crippen molar-refractivity contribution in [1.29, 1.82) is 0 Å². The van der Waals surface area contributed by atoms with E-state index in [1.54, 1.807) is 7.11 Å². The second-order valence-corrected chi connectivity index (χ2v) is 7.51. The van der Waals surface area contributed by atoms with Crippen LogP contribution >= 0.6 is 0 Å². The molecule has 2 rings (SSSR count). The van der Waals surface area contributed by atoms with Crippen LogP contribution in [0.25, 0.3) is 0 Å². The van der Waals surface area contributed by atoms with Gasteiger partial charge in [0.1, 0.15) is 5.75 Å². The molecule has 0 radical (unpaired) electrons. The Bertz CT molecular complexity index is 653. The van der Waals surface area contributed by atoms with Crippen LogP contribution in [0, 0.1) is 0 Å². The summed E-state index contributed by atoms with van der Waals surface area (Å²) >= 11 is 0. The van der Waals surface area contributed by atoms with Crippen molar-refractivity contribution in [3.05, 3.63) is 64.7 Å². The highest BCUT2D eigenvalue weighted by Gasteiger charge is 2.15. The maximum atomic E-state index is 6.08. The Morgan fingerprint density at radius 3 is 2.21 bits per heavy atom. The van der Waals surface area contributed by atoms with E-state index >= 15 is 0 Å². The maximum Gasteiger partial charge on any atom is 0.122 e. The number of hydrogen-bond acceptors (Lipinski definition) is 2. The molecule has 0 heterocycles. The van der Waals surface area contributed by atoms with Crippen molar-refractivity contribution in [1.82, 2.24) is 0 Å². The summed E-state index contributed by atoms with van der Waals surface area (Å²) < 4.78 is 5.44. The third-order valence-corrected chi connectivity index (χ3v) is 4.74. The van der Waals surface area contributed by atoms with Crippen LogP contribution in [0.2, 0.25) is 0 Å². The molecule has 2 heteroatoms. The molecule has 1 unspecified atom stereocenters. The minimum Gasteiger partial charge on any atom is -0.496 e. The number of ether oxygens (including phenoxy) is 1.